The van der Waals surface area contributed by atoms with E-state index in [0.29, 0.717) is 29.1 Å². The van der Waals surface area contributed by atoms with Crippen molar-refractivity contribution in [1.82, 2.24) is 9.55 Å². The van der Waals surface area contributed by atoms with Gasteiger partial charge in [0.05, 0.1) is 30.1 Å². The second-order valence-electron chi connectivity index (χ2n) is 7.73. The second kappa shape index (κ2) is 6.13. The molecule has 2 atom stereocenters. The van der Waals surface area contributed by atoms with E-state index in [2.05, 4.69) is 0 Å². The monoisotopic (exact) mass is 394 g/mol. The number of phenols is 1. The number of benzene rings is 1. The quantitative estimate of drug-likeness (QED) is 0.481. The molecule has 1 aromatic carbocycles. The molecule has 0 aliphatic carbocycles. The van der Waals surface area contributed by atoms with Crippen LogP contribution in [-0.4, -0.2) is 31.2 Å². The van der Waals surface area contributed by atoms with E-state index in [1.807, 2.05) is 6.92 Å². The normalized spacial score (nSPS) is 22.4. The number of fused-ring (bicyclic) bond motifs is 5. The molecule has 0 spiro atoms. The summed E-state index contributed by atoms with van der Waals surface area (Å²) in [6.45, 7) is 4.12. The highest BCUT2D eigenvalue weighted by Gasteiger charge is 2.44. The van der Waals surface area contributed by atoms with Gasteiger partial charge in [-0.25, -0.2) is 4.98 Å². The molecule has 3 aromatic rings. The van der Waals surface area contributed by atoms with Crippen molar-refractivity contribution in [3.05, 3.63) is 56.9 Å². The molecule has 0 fully saturated rings. The van der Waals surface area contributed by atoms with Crippen molar-refractivity contribution in [2.24, 2.45) is 0 Å². The molecule has 7 nitrogen and oxygen atoms in total. The fourth-order valence-corrected chi connectivity index (χ4v) is 4.67. The van der Waals surface area contributed by atoms with Crippen LogP contribution in [-0.2, 0) is 29.9 Å². The fourth-order valence-electron chi connectivity index (χ4n) is 4.67. The van der Waals surface area contributed by atoms with Crippen molar-refractivity contribution in [1.29, 1.82) is 0 Å². The van der Waals surface area contributed by atoms with Gasteiger partial charge in [-0.1, -0.05) is 13.8 Å². The van der Waals surface area contributed by atoms with Crippen molar-refractivity contribution in [3.8, 4) is 17.1 Å². The molecule has 2 aliphatic heterocycles. The zero-order valence-corrected chi connectivity index (χ0v) is 16.3. The molecule has 0 amide bonds. The van der Waals surface area contributed by atoms with E-state index in [1.165, 1.54) is 0 Å². The summed E-state index contributed by atoms with van der Waals surface area (Å²) in [4.78, 5) is 18.0. The molecule has 0 saturated heterocycles. The third-order valence-corrected chi connectivity index (χ3v) is 6.30. The summed E-state index contributed by atoms with van der Waals surface area (Å²) < 4.78 is 6.96. The molecular formula is C22H22N2O5. The Balaban J connectivity index is 1.83. The van der Waals surface area contributed by atoms with Crippen LogP contribution < -0.4 is 5.56 Å². The molecule has 2 unspecified atom stereocenters. The van der Waals surface area contributed by atoms with Crippen LogP contribution in [0.5, 0.6) is 5.75 Å². The Labute approximate surface area is 166 Å². The van der Waals surface area contributed by atoms with Crippen molar-refractivity contribution in [3.63, 3.8) is 0 Å². The van der Waals surface area contributed by atoms with Gasteiger partial charge in [-0.3, -0.25) is 4.79 Å². The van der Waals surface area contributed by atoms with Crippen LogP contribution in [0.1, 0.15) is 42.5 Å². The van der Waals surface area contributed by atoms with Crippen LogP contribution in [0.4, 0.5) is 0 Å². The Bertz CT molecular complexity index is 1230. The van der Waals surface area contributed by atoms with E-state index in [-0.39, 0.29) is 24.3 Å². The maximum absolute atomic E-state index is 13.3. The zero-order chi connectivity index (χ0) is 20.5. The third kappa shape index (κ3) is 2.35. The number of phenolic OH excluding ortho intramolecular Hbond substituents is 1. The lowest BCUT2D eigenvalue weighted by molar-refractivity contribution is -0.236. The first-order valence-corrected chi connectivity index (χ1v) is 9.83. The molecule has 3 N–H and O–H groups in total. The summed E-state index contributed by atoms with van der Waals surface area (Å²) in [6.07, 6.45) is -0.447. The summed E-state index contributed by atoms with van der Waals surface area (Å²) in [5.41, 5.74) is 2.99. The summed E-state index contributed by atoms with van der Waals surface area (Å²) in [6, 6.07) is 6.84. The average molecular weight is 394 g/mol. The van der Waals surface area contributed by atoms with E-state index in [9.17, 15) is 20.1 Å². The summed E-state index contributed by atoms with van der Waals surface area (Å²) in [5.74, 6) is 0.177. The number of rotatable bonds is 2. The minimum atomic E-state index is -1.64. The summed E-state index contributed by atoms with van der Waals surface area (Å²) in [5, 5.41) is 32.1. The molecule has 4 heterocycles. The van der Waals surface area contributed by atoms with E-state index in [0.717, 1.165) is 28.5 Å². The Hall–Kier alpha value is -2.74. The highest BCUT2D eigenvalue weighted by atomic mass is 16.6. The molecule has 0 bridgehead atoms. The Morgan fingerprint density at radius 3 is 2.79 bits per heavy atom. The van der Waals surface area contributed by atoms with Crippen molar-refractivity contribution >= 4 is 10.9 Å². The van der Waals surface area contributed by atoms with E-state index in [4.69, 9.17) is 9.72 Å². The van der Waals surface area contributed by atoms with Crippen LogP contribution in [0.3, 0.4) is 0 Å². The number of hydrogen-bond donors (Lipinski definition) is 3. The van der Waals surface area contributed by atoms with Crippen LogP contribution in [0, 0.1) is 0 Å². The first-order chi connectivity index (χ1) is 13.9. The number of nitrogens with zero attached hydrogens (tertiary/aromatic N) is 2. The Morgan fingerprint density at radius 1 is 1.28 bits per heavy atom. The molecular weight excluding hydrogens is 372 g/mol. The van der Waals surface area contributed by atoms with Crippen molar-refractivity contribution < 1.29 is 20.1 Å². The number of aromatic nitrogens is 2. The molecule has 0 radical (unpaired) electrons. The number of aliphatic hydroxyl groups is 2. The number of aryl methyl sites for hydroxylation is 1. The predicted molar refractivity (Wildman–Crippen MR) is 107 cm³/mol. The number of hydrogen-bond acceptors (Lipinski definition) is 6. The van der Waals surface area contributed by atoms with Crippen LogP contribution in [0.25, 0.3) is 22.3 Å². The molecule has 2 aliphatic rings. The van der Waals surface area contributed by atoms with Gasteiger partial charge in [0.2, 0.25) is 0 Å². The SMILES string of the molecule is CCc1c2c(nc3ccc(O)cc13)-c1cc3c(c(=O)n1C2)COC(O)C3(O)CC. The Morgan fingerprint density at radius 2 is 2.07 bits per heavy atom. The van der Waals surface area contributed by atoms with Gasteiger partial charge in [0.25, 0.3) is 5.56 Å². The average Bonchev–Trinajstić information content (AvgIpc) is 3.08. The molecule has 7 heteroatoms. The molecule has 5 rings (SSSR count). The van der Waals surface area contributed by atoms with Crippen LogP contribution in [0.15, 0.2) is 29.1 Å². The first kappa shape index (κ1) is 18.3. The van der Waals surface area contributed by atoms with Gasteiger partial charge in [0.1, 0.15) is 11.4 Å². The maximum Gasteiger partial charge on any atom is 0.257 e. The van der Waals surface area contributed by atoms with Crippen LogP contribution in [0.2, 0.25) is 0 Å². The second-order valence-corrected chi connectivity index (χ2v) is 7.73. The standard InChI is InChI=1S/C22H22N2O5/c1-3-12-13-7-11(25)5-6-17(13)23-19-14(12)9-24-18(19)8-16-15(20(24)26)10-29-21(27)22(16,28)4-2/h5-8,21,25,27-28H,3-4,9-10H2,1-2H3. The number of aromatic hydroxyl groups is 1. The lowest BCUT2D eigenvalue weighted by Crippen LogP contribution is -2.47. The Kier molecular flexibility index (Phi) is 3.87. The number of aliphatic hydroxyl groups excluding tert-OH is 1. The molecule has 150 valence electrons. The van der Waals surface area contributed by atoms with Gasteiger partial charge in [0.15, 0.2) is 6.29 Å². The van der Waals surface area contributed by atoms with E-state index in [1.54, 1.807) is 35.8 Å². The lowest BCUT2D eigenvalue weighted by Gasteiger charge is -2.37. The van der Waals surface area contributed by atoms with E-state index >= 15 is 0 Å². The summed E-state index contributed by atoms with van der Waals surface area (Å²) >= 11 is 0. The largest absolute Gasteiger partial charge is 0.508 e. The zero-order valence-electron chi connectivity index (χ0n) is 16.3. The number of pyridine rings is 2. The minimum absolute atomic E-state index is 0.0435. The highest BCUT2D eigenvalue weighted by Crippen LogP contribution is 2.41. The van der Waals surface area contributed by atoms with Gasteiger partial charge in [-0.2, -0.15) is 0 Å². The maximum atomic E-state index is 13.3. The van der Waals surface area contributed by atoms with Crippen molar-refractivity contribution in [2.75, 3.05) is 0 Å². The van der Waals surface area contributed by atoms with Gasteiger partial charge < -0.3 is 24.6 Å². The first-order valence-electron chi connectivity index (χ1n) is 9.83. The number of ether oxygens (including phenoxy) is 1. The van der Waals surface area contributed by atoms with Crippen molar-refractivity contribution in [2.45, 2.75) is 51.7 Å². The predicted octanol–water partition coefficient (Wildman–Crippen LogP) is 2.14. The molecule has 2 aromatic heterocycles. The third-order valence-electron chi connectivity index (χ3n) is 6.30. The van der Waals surface area contributed by atoms with E-state index < -0.39 is 11.9 Å². The lowest BCUT2D eigenvalue weighted by atomic mass is 9.85. The fraction of sp³-hybridized carbons (Fsp3) is 0.364. The summed E-state index contributed by atoms with van der Waals surface area (Å²) in [7, 11) is 0. The van der Waals surface area contributed by atoms with Gasteiger partial charge in [-0.05, 0) is 42.7 Å². The van der Waals surface area contributed by atoms with Crippen LogP contribution >= 0.6 is 0 Å². The molecule has 29 heavy (non-hydrogen) atoms. The van der Waals surface area contributed by atoms with Gasteiger partial charge >= 0.3 is 0 Å². The smallest absolute Gasteiger partial charge is 0.257 e. The van der Waals surface area contributed by atoms with Gasteiger partial charge in [0, 0.05) is 22.1 Å². The topological polar surface area (TPSA) is 105 Å². The molecule has 0 saturated carbocycles. The highest BCUT2D eigenvalue weighted by molar-refractivity contribution is 5.89. The van der Waals surface area contributed by atoms with Gasteiger partial charge in [-0.15, -0.1) is 0 Å². The minimum Gasteiger partial charge on any atom is -0.508 e.